The maximum Gasteiger partial charge on any atom is 0.315 e. The SMILES string of the molecule is COC(=O)C(C)(C)c1ccccc1C(=O)C1CC1. The molecule has 1 saturated carbocycles. The number of benzene rings is 1. The van der Waals surface area contributed by atoms with Crippen molar-refractivity contribution in [2.24, 2.45) is 5.92 Å². The average Bonchev–Trinajstić information content (AvgIpc) is 3.21. The first-order valence-electron chi connectivity index (χ1n) is 6.20. The highest BCUT2D eigenvalue weighted by Crippen LogP contribution is 2.36. The van der Waals surface area contributed by atoms with E-state index in [4.69, 9.17) is 4.74 Å². The molecule has 0 spiro atoms. The molecule has 18 heavy (non-hydrogen) atoms. The Morgan fingerprint density at radius 2 is 1.83 bits per heavy atom. The summed E-state index contributed by atoms with van der Waals surface area (Å²) < 4.78 is 4.83. The van der Waals surface area contributed by atoms with Gasteiger partial charge in [0.1, 0.15) is 0 Å². The van der Waals surface area contributed by atoms with Gasteiger partial charge < -0.3 is 4.74 Å². The second-order valence-electron chi connectivity index (χ2n) is 5.30. The van der Waals surface area contributed by atoms with Gasteiger partial charge in [0.2, 0.25) is 0 Å². The van der Waals surface area contributed by atoms with Gasteiger partial charge in [-0.3, -0.25) is 9.59 Å². The van der Waals surface area contributed by atoms with Crippen LogP contribution in [0.25, 0.3) is 0 Å². The minimum atomic E-state index is -0.796. The Kier molecular flexibility index (Phi) is 3.24. The van der Waals surface area contributed by atoms with E-state index >= 15 is 0 Å². The highest BCUT2D eigenvalue weighted by Gasteiger charge is 2.37. The van der Waals surface area contributed by atoms with E-state index in [2.05, 4.69) is 0 Å². The zero-order valence-corrected chi connectivity index (χ0v) is 11.0. The highest BCUT2D eigenvalue weighted by molar-refractivity contribution is 6.02. The molecular formula is C15H18O3. The molecule has 1 aromatic carbocycles. The average molecular weight is 246 g/mol. The number of rotatable bonds is 4. The smallest absolute Gasteiger partial charge is 0.315 e. The number of methoxy groups -OCH3 is 1. The third-order valence-electron chi connectivity index (χ3n) is 3.51. The summed E-state index contributed by atoms with van der Waals surface area (Å²) in [5.41, 5.74) is 0.625. The number of ether oxygens (including phenoxy) is 1. The van der Waals surface area contributed by atoms with Crippen molar-refractivity contribution in [3.8, 4) is 0 Å². The van der Waals surface area contributed by atoms with Crippen LogP contribution in [0, 0.1) is 5.92 Å². The van der Waals surface area contributed by atoms with Crippen LogP contribution in [0.4, 0.5) is 0 Å². The van der Waals surface area contributed by atoms with E-state index in [-0.39, 0.29) is 17.7 Å². The van der Waals surface area contributed by atoms with Gasteiger partial charge in [0, 0.05) is 11.5 Å². The molecule has 0 N–H and O–H groups in total. The van der Waals surface area contributed by atoms with E-state index in [0.717, 1.165) is 18.4 Å². The Morgan fingerprint density at radius 3 is 2.39 bits per heavy atom. The van der Waals surface area contributed by atoms with Crippen LogP contribution in [0.5, 0.6) is 0 Å². The van der Waals surface area contributed by atoms with Crippen LogP contribution in [0.3, 0.4) is 0 Å². The van der Waals surface area contributed by atoms with Crippen LogP contribution in [-0.2, 0) is 14.9 Å². The predicted octanol–water partition coefficient (Wildman–Crippen LogP) is 2.73. The first-order chi connectivity index (χ1) is 8.48. The number of carbonyl (C=O) groups excluding carboxylic acids is 2. The van der Waals surface area contributed by atoms with Crippen molar-refractivity contribution in [2.45, 2.75) is 32.1 Å². The normalized spacial score (nSPS) is 15.3. The highest BCUT2D eigenvalue weighted by atomic mass is 16.5. The van der Waals surface area contributed by atoms with Gasteiger partial charge in [-0.15, -0.1) is 0 Å². The molecule has 1 aliphatic carbocycles. The van der Waals surface area contributed by atoms with Gasteiger partial charge in [0.05, 0.1) is 12.5 Å². The Labute approximate surface area is 107 Å². The lowest BCUT2D eigenvalue weighted by atomic mass is 9.80. The van der Waals surface area contributed by atoms with E-state index in [9.17, 15) is 9.59 Å². The predicted molar refractivity (Wildman–Crippen MR) is 68.5 cm³/mol. The summed E-state index contributed by atoms with van der Waals surface area (Å²) in [5, 5.41) is 0. The standard InChI is InChI=1S/C15H18O3/c1-15(2,14(17)18-3)12-7-5-4-6-11(12)13(16)10-8-9-10/h4-7,10H,8-9H2,1-3H3. The molecule has 0 saturated heterocycles. The third kappa shape index (κ3) is 2.17. The molecule has 3 nitrogen and oxygen atoms in total. The fourth-order valence-electron chi connectivity index (χ4n) is 2.17. The molecular weight excluding hydrogens is 228 g/mol. The molecule has 2 rings (SSSR count). The molecule has 0 bridgehead atoms. The van der Waals surface area contributed by atoms with Gasteiger partial charge in [0.25, 0.3) is 0 Å². The number of esters is 1. The lowest BCUT2D eigenvalue weighted by Gasteiger charge is -2.24. The molecule has 1 fully saturated rings. The molecule has 96 valence electrons. The zero-order valence-electron chi connectivity index (χ0n) is 11.0. The van der Waals surface area contributed by atoms with Gasteiger partial charge in [-0.05, 0) is 32.3 Å². The van der Waals surface area contributed by atoms with Crippen LogP contribution in [-0.4, -0.2) is 18.9 Å². The summed E-state index contributed by atoms with van der Waals surface area (Å²) in [7, 11) is 1.37. The molecule has 0 unspecified atom stereocenters. The van der Waals surface area contributed by atoms with Gasteiger partial charge >= 0.3 is 5.97 Å². The van der Waals surface area contributed by atoms with Crippen molar-refractivity contribution in [1.29, 1.82) is 0 Å². The van der Waals surface area contributed by atoms with Crippen LogP contribution in [0.1, 0.15) is 42.6 Å². The summed E-state index contributed by atoms with van der Waals surface area (Å²) in [5.74, 6) is -0.0132. The van der Waals surface area contributed by atoms with E-state index in [1.165, 1.54) is 7.11 Å². The first-order valence-corrected chi connectivity index (χ1v) is 6.20. The second kappa shape index (κ2) is 4.56. The molecule has 0 amide bonds. The minimum absolute atomic E-state index is 0.152. The van der Waals surface area contributed by atoms with Gasteiger partial charge in [0.15, 0.2) is 5.78 Å². The molecule has 0 heterocycles. The Hall–Kier alpha value is -1.64. The van der Waals surface area contributed by atoms with Crippen molar-refractivity contribution in [1.82, 2.24) is 0 Å². The Bertz CT molecular complexity index is 484. The number of carbonyl (C=O) groups is 2. The van der Waals surface area contributed by atoms with E-state index in [0.29, 0.717) is 5.56 Å². The van der Waals surface area contributed by atoms with Crippen LogP contribution in [0.15, 0.2) is 24.3 Å². The lowest BCUT2D eigenvalue weighted by Crippen LogP contribution is -2.32. The summed E-state index contributed by atoms with van der Waals surface area (Å²) in [6.07, 6.45) is 1.93. The minimum Gasteiger partial charge on any atom is -0.468 e. The number of hydrogen-bond donors (Lipinski definition) is 0. The molecule has 1 aliphatic rings. The Morgan fingerprint density at radius 1 is 1.22 bits per heavy atom. The molecule has 0 aromatic heterocycles. The molecule has 1 aromatic rings. The van der Waals surface area contributed by atoms with Crippen LogP contribution in [0.2, 0.25) is 0 Å². The van der Waals surface area contributed by atoms with Crippen LogP contribution >= 0.6 is 0 Å². The van der Waals surface area contributed by atoms with E-state index in [1.54, 1.807) is 19.9 Å². The van der Waals surface area contributed by atoms with Crippen molar-refractivity contribution in [3.63, 3.8) is 0 Å². The second-order valence-corrected chi connectivity index (χ2v) is 5.30. The van der Waals surface area contributed by atoms with E-state index < -0.39 is 5.41 Å². The summed E-state index contributed by atoms with van der Waals surface area (Å²) in [6.45, 7) is 3.58. The fourth-order valence-corrected chi connectivity index (χ4v) is 2.17. The quantitative estimate of drug-likeness (QED) is 0.606. The van der Waals surface area contributed by atoms with Crippen molar-refractivity contribution < 1.29 is 14.3 Å². The van der Waals surface area contributed by atoms with Crippen molar-refractivity contribution in [3.05, 3.63) is 35.4 Å². The van der Waals surface area contributed by atoms with Crippen LogP contribution < -0.4 is 0 Å². The van der Waals surface area contributed by atoms with Gasteiger partial charge in [-0.1, -0.05) is 24.3 Å². The third-order valence-corrected chi connectivity index (χ3v) is 3.51. The van der Waals surface area contributed by atoms with Gasteiger partial charge in [-0.25, -0.2) is 0 Å². The lowest BCUT2D eigenvalue weighted by molar-refractivity contribution is -0.146. The van der Waals surface area contributed by atoms with Gasteiger partial charge in [-0.2, -0.15) is 0 Å². The molecule has 0 aliphatic heterocycles. The molecule has 3 heteroatoms. The number of ketones is 1. The van der Waals surface area contributed by atoms with E-state index in [1.807, 2.05) is 18.2 Å². The monoisotopic (exact) mass is 246 g/mol. The zero-order chi connectivity index (χ0) is 13.3. The largest absolute Gasteiger partial charge is 0.468 e. The van der Waals surface area contributed by atoms with Crippen molar-refractivity contribution >= 4 is 11.8 Å². The first kappa shape index (κ1) is 12.8. The molecule has 0 atom stereocenters. The fraction of sp³-hybridized carbons (Fsp3) is 0.467. The van der Waals surface area contributed by atoms with Crippen molar-refractivity contribution in [2.75, 3.05) is 7.11 Å². The summed E-state index contributed by atoms with van der Waals surface area (Å²) in [4.78, 5) is 24.1. The molecule has 0 radical (unpaired) electrons. The Balaban J connectivity index is 2.44. The maximum absolute atomic E-state index is 12.2. The topological polar surface area (TPSA) is 43.4 Å². The summed E-state index contributed by atoms with van der Waals surface area (Å²) >= 11 is 0. The summed E-state index contributed by atoms with van der Waals surface area (Å²) in [6, 6.07) is 7.34. The maximum atomic E-state index is 12.2. The number of hydrogen-bond acceptors (Lipinski definition) is 3. The number of Topliss-reactive ketones (excluding diaryl/α,β-unsaturated/α-hetero) is 1.